The minimum absolute atomic E-state index is 0.00244. The average molecular weight is 350 g/mol. The van der Waals surface area contributed by atoms with Crippen LogP contribution in [-0.4, -0.2) is 33.4 Å². The van der Waals surface area contributed by atoms with Crippen LogP contribution in [0, 0.1) is 22.7 Å². The quantitative estimate of drug-likeness (QED) is 0.520. The molecule has 0 aromatic heterocycles. The zero-order valence-corrected chi connectivity index (χ0v) is 15.4. The molecule has 2 rings (SSSR count). The number of hydrogen-bond acceptors (Lipinski definition) is 3. The molecule has 25 heavy (non-hydrogen) atoms. The van der Waals surface area contributed by atoms with E-state index in [4.69, 9.17) is 5.11 Å². The molecule has 2 aliphatic carbocycles. The van der Waals surface area contributed by atoms with Crippen LogP contribution in [0.25, 0.3) is 0 Å². The van der Waals surface area contributed by atoms with Gasteiger partial charge in [0.2, 0.25) is 0 Å². The lowest BCUT2D eigenvalue weighted by atomic mass is 9.46. The summed E-state index contributed by atoms with van der Waals surface area (Å²) in [7, 11) is 0. The fraction of sp³-hybridized carbons (Fsp3) is 0.700. The number of carbonyl (C=O) groups is 2. The predicted molar refractivity (Wildman–Crippen MR) is 95.1 cm³/mol. The first kappa shape index (κ1) is 19.7. The normalized spacial score (nSPS) is 37.3. The molecule has 0 amide bonds. The van der Waals surface area contributed by atoms with E-state index in [1.807, 2.05) is 6.92 Å². The summed E-state index contributed by atoms with van der Waals surface area (Å²) < 4.78 is 0. The standard InChI is InChI=1S/C20H30O5/c1-12-6-7-16-19(3,8-5-9-20(16,4)18(24)25)14(12)11-15(21)13(2)10-17(22)23/h10,14-16,21H,1,5-9,11H2,2-4H3,(H,22,23)(H,24,25)/b13-10+/t14-,15-,16+,19+,20-/m0/s1. The van der Waals surface area contributed by atoms with Gasteiger partial charge in [0, 0.05) is 6.08 Å². The Bertz CT molecular complexity index is 607. The first-order valence-corrected chi connectivity index (χ1v) is 9.02. The Balaban J connectivity index is 2.32. The maximum atomic E-state index is 12.0. The number of allylic oxidation sites excluding steroid dienone is 1. The lowest BCUT2D eigenvalue weighted by molar-refractivity contribution is -0.164. The molecule has 0 unspecified atom stereocenters. The van der Waals surface area contributed by atoms with Crippen LogP contribution in [0.1, 0.15) is 59.3 Å². The fourth-order valence-electron chi connectivity index (χ4n) is 5.34. The van der Waals surface area contributed by atoms with Gasteiger partial charge < -0.3 is 15.3 Å². The molecule has 2 saturated carbocycles. The smallest absolute Gasteiger partial charge is 0.328 e. The highest BCUT2D eigenvalue weighted by molar-refractivity contribution is 5.80. The first-order chi connectivity index (χ1) is 11.5. The van der Waals surface area contributed by atoms with Crippen LogP contribution in [0.5, 0.6) is 0 Å². The van der Waals surface area contributed by atoms with Gasteiger partial charge in [-0.2, -0.15) is 0 Å². The summed E-state index contributed by atoms with van der Waals surface area (Å²) in [5, 5.41) is 29.2. The van der Waals surface area contributed by atoms with E-state index in [1.165, 1.54) is 0 Å². The Morgan fingerprint density at radius 2 is 1.96 bits per heavy atom. The number of aliphatic carboxylic acids is 2. The zero-order chi connectivity index (χ0) is 19.0. The molecule has 0 saturated heterocycles. The maximum Gasteiger partial charge on any atom is 0.328 e. The zero-order valence-electron chi connectivity index (χ0n) is 15.4. The number of fused-ring (bicyclic) bond motifs is 1. The number of carboxylic acids is 2. The molecule has 140 valence electrons. The molecular weight excluding hydrogens is 320 g/mol. The number of carboxylic acid groups (broad SMARTS) is 2. The second kappa shape index (κ2) is 6.94. The van der Waals surface area contributed by atoms with Crippen molar-refractivity contribution in [1.82, 2.24) is 0 Å². The molecule has 0 aromatic rings. The second-order valence-electron chi connectivity index (χ2n) is 8.36. The molecule has 2 fully saturated rings. The molecule has 5 atom stereocenters. The van der Waals surface area contributed by atoms with Gasteiger partial charge in [-0.25, -0.2) is 4.79 Å². The lowest BCUT2D eigenvalue weighted by Gasteiger charge is -2.57. The molecule has 3 N–H and O–H groups in total. The third kappa shape index (κ3) is 3.52. The molecule has 0 aromatic carbocycles. The van der Waals surface area contributed by atoms with Crippen molar-refractivity contribution in [1.29, 1.82) is 0 Å². The van der Waals surface area contributed by atoms with Gasteiger partial charge in [-0.1, -0.05) is 25.5 Å². The first-order valence-electron chi connectivity index (χ1n) is 9.02. The summed E-state index contributed by atoms with van der Waals surface area (Å²) >= 11 is 0. The van der Waals surface area contributed by atoms with E-state index in [-0.39, 0.29) is 17.3 Å². The molecule has 5 nitrogen and oxygen atoms in total. The van der Waals surface area contributed by atoms with E-state index in [0.717, 1.165) is 37.3 Å². The molecule has 0 radical (unpaired) electrons. The highest BCUT2D eigenvalue weighted by Gasteiger charge is 2.57. The molecular formula is C20H30O5. The third-order valence-electron chi connectivity index (χ3n) is 6.84. The number of aliphatic hydroxyl groups excluding tert-OH is 1. The monoisotopic (exact) mass is 350 g/mol. The molecule has 0 spiro atoms. The van der Waals surface area contributed by atoms with Gasteiger partial charge in [-0.3, -0.25) is 4.79 Å². The Morgan fingerprint density at radius 1 is 1.32 bits per heavy atom. The molecule has 0 bridgehead atoms. The SMILES string of the molecule is C=C1CC[C@@H]2[C@](C)(CCC[C@]2(C)C(=O)O)[C@H]1C[C@H](O)/C(C)=C/C(=O)O. The van der Waals surface area contributed by atoms with Crippen molar-refractivity contribution in [3.63, 3.8) is 0 Å². The van der Waals surface area contributed by atoms with Crippen LogP contribution < -0.4 is 0 Å². The maximum absolute atomic E-state index is 12.0. The van der Waals surface area contributed by atoms with Crippen molar-refractivity contribution >= 4 is 11.9 Å². The Kier molecular flexibility index (Phi) is 5.47. The Hall–Kier alpha value is -1.62. The predicted octanol–water partition coefficient (Wildman–Crippen LogP) is 3.63. The summed E-state index contributed by atoms with van der Waals surface area (Å²) in [5.41, 5.74) is 0.493. The largest absolute Gasteiger partial charge is 0.481 e. The van der Waals surface area contributed by atoms with E-state index in [2.05, 4.69) is 13.5 Å². The average Bonchev–Trinajstić information content (AvgIpc) is 2.49. The van der Waals surface area contributed by atoms with Crippen molar-refractivity contribution in [3.8, 4) is 0 Å². The minimum Gasteiger partial charge on any atom is -0.481 e. The number of aliphatic hydroxyl groups is 1. The number of rotatable bonds is 5. The van der Waals surface area contributed by atoms with Crippen LogP contribution in [0.3, 0.4) is 0 Å². The summed E-state index contributed by atoms with van der Waals surface area (Å²) in [4.78, 5) is 22.8. The van der Waals surface area contributed by atoms with Crippen molar-refractivity contribution in [2.75, 3.05) is 0 Å². The Labute approximate surface area is 149 Å². The molecule has 0 heterocycles. The van der Waals surface area contributed by atoms with Gasteiger partial charge in [0.05, 0.1) is 11.5 Å². The van der Waals surface area contributed by atoms with Gasteiger partial charge in [-0.05, 0) is 68.8 Å². The summed E-state index contributed by atoms with van der Waals surface area (Å²) in [6.07, 6.45) is 4.61. The molecule has 0 aliphatic heterocycles. The van der Waals surface area contributed by atoms with Crippen LogP contribution in [-0.2, 0) is 9.59 Å². The Morgan fingerprint density at radius 3 is 2.52 bits per heavy atom. The number of hydrogen-bond donors (Lipinski definition) is 3. The highest BCUT2D eigenvalue weighted by atomic mass is 16.4. The van der Waals surface area contributed by atoms with E-state index in [0.29, 0.717) is 18.4 Å². The van der Waals surface area contributed by atoms with Gasteiger partial charge in [0.1, 0.15) is 0 Å². The fourth-order valence-corrected chi connectivity index (χ4v) is 5.34. The topological polar surface area (TPSA) is 94.8 Å². The highest BCUT2D eigenvalue weighted by Crippen LogP contribution is 2.62. The van der Waals surface area contributed by atoms with E-state index in [9.17, 15) is 19.8 Å². The van der Waals surface area contributed by atoms with Crippen molar-refractivity contribution in [3.05, 3.63) is 23.8 Å². The van der Waals surface area contributed by atoms with Crippen molar-refractivity contribution in [2.45, 2.75) is 65.4 Å². The van der Waals surface area contributed by atoms with Crippen LogP contribution in [0.2, 0.25) is 0 Å². The van der Waals surface area contributed by atoms with Crippen LogP contribution in [0.4, 0.5) is 0 Å². The van der Waals surface area contributed by atoms with Gasteiger partial charge in [-0.15, -0.1) is 0 Å². The van der Waals surface area contributed by atoms with Crippen molar-refractivity contribution in [2.24, 2.45) is 22.7 Å². The van der Waals surface area contributed by atoms with E-state index in [1.54, 1.807) is 6.92 Å². The summed E-state index contributed by atoms with van der Waals surface area (Å²) in [5.74, 6) is -1.77. The molecule has 2 aliphatic rings. The van der Waals surface area contributed by atoms with E-state index >= 15 is 0 Å². The third-order valence-corrected chi connectivity index (χ3v) is 6.84. The van der Waals surface area contributed by atoms with Crippen molar-refractivity contribution < 1.29 is 24.9 Å². The summed E-state index contributed by atoms with van der Waals surface area (Å²) in [6.45, 7) is 9.81. The minimum atomic E-state index is -1.07. The van der Waals surface area contributed by atoms with Crippen LogP contribution >= 0.6 is 0 Å². The van der Waals surface area contributed by atoms with Gasteiger partial charge in [0.25, 0.3) is 0 Å². The summed E-state index contributed by atoms with van der Waals surface area (Å²) in [6, 6.07) is 0. The lowest BCUT2D eigenvalue weighted by Crippen LogP contribution is -2.53. The van der Waals surface area contributed by atoms with Crippen LogP contribution in [0.15, 0.2) is 23.8 Å². The van der Waals surface area contributed by atoms with Gasteiger partial charge >= 0.3 is 11.9 Å². The second-order valence-corrected chi connectivity index (χ2v) is 8.36. The molecule has 5 heteroatoms. The van der Waals surface area contributed by atoms with Gasteiger partial charge in [0.15, 0.2) is 0 Å². The van der Waals surface area contributed by atoms with E-state index < -0.39 is 23.5 Å².